The molecule has 0 N–H and O–H groups in total. The van der Waals surface area contributed by atoms with Gasteiger partial charge in [-0.25, -0.2) is 0 Å². The second-order valence-corrected chi connectivity index (χ2v) is 2.04. The molecule has 0 rings (SSSR count). The Balaban J connectivity index is -0.00000000421. The van der Waals surface area contributed by atoms with Gasteiger partial charge in [0.2, 0.25) is 0 Å². The van der Waals surface area contributed by atoms with Crippen molar-refractivity contribution in [2.45, 2.75) is 83.6 Å². The molecule has 0 fully saturated rings. The molecule has 0 amide bonds. The summed E-state index contributed by atoms with van der Waals surface area (Å²) in [5.41, 5.74) is 0. The van der Waals surface area contributed by atoms with E-state index in [1.807, 2.05) is 41.5 Å². The molecular formula is C14H40Ar3F5Rf2-. The van der Waals surface area contributed by atoms with Gasteiger partial charge in [-0.2, -0.15) is 13.3 Å². The summed E-state index contributed by atoms with van der Waals surface area (Å²) in [6, 6.07) is 0. The number of rotatable bonds is 2. The first-order valence-corrected chi connectivity index (χ1v) is 5.83. The third-order valence-corrected chi connectivity index (χ3v) is 0.707. The third-order valence-electron chi connectivity index (χ3n) is 0.707. The second-order valence-electron chi connectivity index (χ2n) is 2.04. The molecular weight excluding hydrogens is 917 g/mol. The average Bonchev–Trinajstić information content (AvgIpc) is 2.41. The Hall–Kier alpha value is 1.43. The van der Waals surface area contributed by atoms with Gasteiger partial charge in [0.15, 0.2) is 0 Å². The van der Waals surface area contributed by atoms with Crippen molar-refractivity contribution < 1.29 is 136 Å². The van der Waals surface area contributed by atoms with Crippen LogP contribution in [0, 0.1) is 126 Å². The van der Waals surface area contributed by atoms with E-state index in [1.165, 1.54) is 6.42 Å². The Kier molecular flexibility index (Phi) is 1570. The molecule has 0 aliphatic heterocycles. The van der Waals surface area contributed by atoms with Gasteiger partial charge in [0, 0.05) is 132 Å². The Morgan fingerprint density at radius 2 is 0.792 bits per heavy atom. The van der Waals surface area contributed by atoms with Crippen LogP contribution in [0.15, 0.2) is 0 Å². The quantitative estimate of drug-likeness (QED) is 0.193. The van der Waals surface area contributed by atoms with Crippen LogP contribution in [0.25, 0.3) is 0 Å². The SMILES string of the molecule is C.C.CC.CC.CC.C[CH-]CC(C)C.F.FF.FF.[Ar].[Ar].[Ar].[Rf].[Rf]. The fraction of sp³-hybridized carbons (Fsp3) is 0.929. The van der Waals surface area contributed by atoms with E-state index in [4.69, 9.17) is 18.3 Å². The Bertz CT molecular complexity index is 59.6. The van der Waals surface area contributed by atoms with Crippen LogP contribution in [0.5, 0.6) is 0 Å². The predicted molar refractivity (Wildman–Crippen MR) is 83.9 cm³/mol. The van der Waals surface area contributed by atoms with Crippen molar-refractivity contribution in [1.29, 1.82) is 0 Å². The molecule has 0 heterocycles. The first-order chi connectivity index (χ1) is 7.77. The minimum atomic E-state index is 0. The molecule has 160 valence electrons. The van der Waals surface area contributed by atoms with E-state index in [0.29, 0.717) is 0 Å². The number of halogens is 5. The Morgan fingerprint density at radius 3 is 0.792 bits per heavy atom. The summed E-state index contributed by atoms with van der Waals surface area (Å²) in [4.78, 5) is 0. The minimum Gasteiger partial charge on any atom is -0.331 e. The van der Waals surface area contributed by atoms with E-state index < -0.39 is 0 Å². The molecule has 0 atom stereocenters. The van der Waals surface area contributed by atoms with Crippen LogP contribution in [0.4, 0.5) is 23.0 Å². The second kappa shape index (κ2) is 324. The summed E-state index contributed by atoms with van der Waals surface area (Å²) in [6.07, 6.45) is 3.45. The van der Waals surface area contributed by atoms with Gasteiger partial charge in [0.25, 0.3) is 0 Å². The first-order valence-electron chi connectivity index (χ1n) is 5.83. The van der Waals surface area contributed by atoms with Crippen molar-refractivity contribution in [3.8, 4) is 0 Å². The van der Waals surface area contributed by atoms with Gasteiger partial charge < -0.3 is 6.42 Å². The van der Waals surface area contributed by atoms with Gasteiger partial charge in [0.1, 0.15) is 0 Å². The molecule has 0 aromatic rings. The molecule has 0 spiro atoms. The monoisotopic (exact) mass is 957 g/mol. The van der Waals surface area contributed by atoms with Crippen molar-refractivity contribution in [3.05, 3.63) is 6.42 Å². The molecule has 0 saturated heterocycles. The van der Waals surface area contributed by atoms with Gasteiger partial charge in [-0.05, 0) is 0 Å². The van der Waals surface area contributed by atoms with Gasteiger partial charge in [-0.15, -0.1) is 0 Å². The summed E-state index contributed by atoms with van der Waals surface area (Å²) >= 11 is 0. The van der Waals surface area contributed by atoms with Crippen molar-refractivity contribution in [3.63, 3.8) is 0 Å². The molecule has 0 saturated carbocycles. The van der Waals surface area contributed by atoms with Crippen molar-refractivity contribution >= 4 is 0 Å². The van der Waals surface area contributed by atoms with E-state index in [0.717, 1.165) is 5.92 Å². The molecule has 0 bridgehead atoms. The van der Waals surface area contributed by atoms with E-state index >= 15 is 0 Å². The Morgan fingerprint density at radius 1 is 0.667 bits per heavy atom. The van der Waals surface area contributed by atoms with Crippen molar-refractivity contribution in [2.24, 2.45) is 5.92 Å². The largest absolute Gasteiger partial charge is 0.331 e. The maximum Gasteiger partial charge on any atom is 0 e. The van der Waals surface area contributed by atoms with Gasteiger partial charge in [-0.1, -0.05) is 76.2 Å². The standard InChI is InChI=1S/C6H13.3C2H6.2CH4.3Ar.2F2.FH.2Rf/c1-4-5-6(2)3;3*1-2;;;;;;2*1-2;;;/h4,6H,5H2,1-3H3;3*1-2H3;2*1H4;;;;;;1H;;/q-1;;;;;;;;;;;;;. The summed E-state index contributed by atoms with van der Waals surface area (Å²) < 4.78 is 32.0. The molecule has 0 radical (unpaired) electrons. The van der Waals surface area contributed by atoms with Crippen LogP contribution in [0.2, 0.25) is 0 Å². The molecule has 0 aromatic heterocycles. The van der Waals surface area contributed by atoms with E-state index in [-0.39, 0.29) is 133 Å². The van der Waals surface area contributed by atoms with Crippen LogP contribution < -0.4 is 0 Å². The van der Waals surface area contributed by atoms with Crippen molar-refractivity contribution in [2.75, 3.05) is 0 Å². The van der Waals surface area contributed by atoms with Crippen molar-refractivity contribution in [1.82, 2.24) is 0 Å². The van der Waals surface area contributed by atoms with Gasteiger partial charge in [0.05, 0.1) is 0 Å². The minimum absolute atomic E-state index is 0. The zero-order valence-corrected chi connectivity index (χ0v) is 30.2. The van der Waals surface area contributed by atoms with Crippen LogP contribution in [0.1, 0.15) is 83.6 Å². The summed E-state index contributed by atoms with van der Waals surface area (Å²) in [6.45, 7) is 18.5. The van der Waals surface area contributed by atoms with E-state index in [9.17, 15) is 0 Å². The summed E-state index contributed by atoms with van der Waals surface area (Å²) in [5, 5.41) is 0. The van der Waals surface area contributed by atoms with Crippen LogP contribution in [0.3, 0.4) is 0 Å². The molecule has 24 heavy (non-hydrogen) atoms. The molecule has 0 nitrogen and oxygen atoms in total. The predicted octanol–water partition coefficient (Wildman–Crippen LogP) is 8.44. The third kappa shape index (κ3) is 601. The van der Waals surface area contributed by atoms with Crippen LogP contribution in [-0.4, -0.2) is 0 Å². The number of hydrogen-bond acceptors (Lipinski definition) is 0. The maximum atomic E-state index is 8.00. The fourth-order valence-electron chi connectivity index (χ4n) is 0.471. The Labute approximate surface area is 228 Å². The van der Waals surface area contributed by atoms with Crippen LogP contribution >= 0.6 is 0 Å². The normalized spacial score (nSPS) is 3.75. The van der Waals surface area contributed by atoms with Gasteiger partial charge >= 0.3 is 0 Å². The van der Waals surface area contributed by atoms with E-state index in [2.05, 4.69) is 27.2 Å². The molecule has 0 aliphatic rings. The molecule has 0 unspecified atom stereocenters. The molecule has 10 heteroatoms. The summed E-state index contributed by atoms with van der Waals surface area (Å²) in [5.74, 6) is 0.843. The zero-order valence-electron chi connectivity index (χ0n) is 15.3. The topological polar surface area (TPSA) is 0 Å². The van der Waals surface area contributed by atoms with Crippen LogP contribution in [-0.2, 0) is 0 Å². The van der Waals surface area contributed by atoms with Gasteiger partial charge in [-0.3, -0.25) is 4.70 Å². The number of hydrogen-bond donors (Lipinski definition) is 0. The fourth-order valence-corrected chi connectivity index (χ4v) is 0.471. The molecule has 0 aromatic carbocycles. The smallest absolute Gasteiger partial charge is 0 e. The first kappa shape index (κ1) is 116. The zero-order chi connectivity index (χ0) is 15.0. The maximum absolute atomic E-state index is 8.00. The molecule has 0 aliphatic carbocycles. The summed E-state index contributed by atoms with van der Waals surface area (Å²) in [7, 11) is 0. The average molecular weight is 957 g/mol. The van der Waals surface area contributed by atoms with E-state index in [1.54, 1.807) is 0 Å².